The zero-order valence-corrected chi connectivity index (χ0v) is 23.0. The van der Waals surface area contributed by atoms with Crippen LogP contribution in [0.2, 0.25) is 0 Å². The van der Waals surface area contributed by atoms with Crippen molar-refractivity contribution in [1.82, 2.24) is 19.5 Å². The van der Waals surface area contributed by atoms with Crippen LogP contribution in [0.5, 0.6) is 0 Å². The molecule has 34 heavy (non-hydrogen) atoms. The summed E-state index contributed by atoms with van der Waals surface area (Å²) in [5.41, 5.74) is 4.68. The average Bonchev–Trinajstić information content (AvgIpc) is 3.39. The van der Waals surface area contributed by atoms with Gasteiger partial charge >= 0.3 is 0 Å². The van der Waals surface area contributed by atoms with Crippen LogP contribution < -0.4 is 11.3 Å². The molecule has 7 atom stereocenters. The molecule has 9 nitrogen and oxygen atoms in total. The second-order valence-corrected chi connectivity index (χ2v) is 16.0. The number of aromatic nitrogens is 4. The Morgan fingerprint density at radius 3 is 3.00 bits per heavy atom. The van der Waals surface area contributed by atoms with Crippen molar-refractivity contribution >= 4 is 59.5 Å². The van der Waals surface area contributed by atoms with Crippen LogP contribution in [0.3, 0.4) is 0 Å². The van der Waals surface area contributed by atoms with Crippen LogP contribution >= 0.6 is 30.6 Å². The molecule has 4 heterocycles. The van der Waals surface area contributed by atoms with Gasteiger partial charge in [0, 0.05) is 11.2 Å². The minimum absolute atomic E-state index is 0. The highest BCUT2D eigenvalue weighted by Crippen LogP contribution is 2.76. The lowest BCUT2D eigenvalue weighted by molar-refractivity contribution is -0.0151. The van der Waals surface area contributed by atoms with Crippen LogP contribution in [0.25, 0.3) is 11.2 Å². The summed E-state index contributed by atoms with van der Waals surface area (Å²) in [6.45, 7) is 10.6. The maximum absolute atomic E-state index is 12.2. The first-order valence-corrected chi connectivity index (χ1v) is 15.4. The molecule has 0 amide bonds. The highest BCUT2D eigenvalue weighted by Gasteiger charge is 2.54. The van der Waals surface area contributed by atoms with E-state index in [2.05, 4.69) is 42.3 Å². The first kappa shape index (κ1) is 26.2. The van der Waals surface area contributed by atoms with Crippen molar-refractivity contribution in [3.05, 3.63) is 28.8 Å². The predicted octanol–water partition coefficient (Wildman–Crippen LogP) is 4.39. The number of anilines is 1. The molecule has 0 radical (unpaired) electrons. The number of imidazole rings is 1. The Bertz CT molecular complexity index is 1200. The first-order chi connectivity index (χ1) is 15.6. The summed E-state index contributed by atoms with van der Waals surface area (Å²) in [6.07, 6.45) is 5.36. The molecule has 188 valence electrons. The van der Waals surface area contributed by atoms with E-state index in [0.29, 0.717) is 18.0 Å². The van der Waals surface area contributed by atoms with Crippen LogP contribution in [0, 0.1) is 5.92 Å². The van der Waals surface area contributed by atoms with Crippen LogP contribution in [0.4, 0.5) is 5.95 Å². The molecular weight excluding hydrogens is 513 g/mol. The Hall–Kier alpha value is -0.880. The summed E-state index contributed by atoms with van der Waals surface area (Å²) in [5, 5.41) is 0. The molecule has 0 unspecified atom stereocenters. The Balaban J connectivity index is 0.00000274. The van der Waals surface area contributed by atoms with Crippen molar-refractivity contribution in [2.75, 3.05) is 5.73 Å². The second-order valence-electron chi connectivity index (χ2n) is 9.46. The fraction of sp³-hybridized carbons (Fsp3) is 0.667. The summed E-state index contributed by atoms with van der Waals surface area (Å²) >= 11 is 7.72. The van der Waals surface area contributed by atoms with Crippen LogP contribution in [-0.2, 0) is 25.6 Å². The van der Waals surface area contributed by atoms with Crippen molar-refractivity contribution in [1.29, 1.82) is 0 Å². The molecule has 0 aromatic carbocycles. The highest BCUT2D eigenvalue weighted by molar-refractivity contribution is 8.68. The Morgan fingerprint density at radius 2 is 2.29 bits per heavy atom. The fourth-order valence-electron chi connectivity index (χ4n) is 5.10. The number of nitrogens with one attached hydrogen (secondary N) is 1. The van der Waals surface area contributed by atoms with Gasteiger partial charge in [-0.3, -0.25) is 14.3 Å². The van der Waals surface area contributed by atoms with Gasteiger partial charge < -0.3 is 19.5 Å². The largest absolute Gasteiger partial charge is 0.369 e. The summed E-state index contributed by atoms with van der Waals surface area (Å²) in [6, 6.07) is 0. The second kappa shape index (κ2) is 9.53. The number of nitrogens with zero attached hydrogens (tertiary/aromatic N) is 3. The van der Waals surface area contributed by atoms with Gasteiger partial charge in [0.25, 0.3) is 5.56 Å². The zero-order valence-electron chi connectivity index (χ0n) is 19.5. The Morgan fingerprint density at radius 1 is 1.53 bits per heavy atom. The lowest BCUT2D eigenvalue weighted by Crippen LogP contribution is -2.39. The molecular formula is C21H32N5O4PS3. The number of rotatable bonds is 5. The Kier molecular flexibility index (Phi) is 7.34. The standard InChI is InChI=1S/C21H30N5O4PS2.H2S/c1-5-13-14(9-16(28-13)26-10-23-17-18(26)24-20(22)25-19(17)27)29-31(32)30-15-8-12(11(2)3)6-7-21(15,4)33-31;/h10,12-16H,2,5-9H2,1,3-4H3,(H3,22,24,25,27);1H2/t12-,13-,14+,15+,16-,21+,31+;/m1./s1. The molecule has 0 bridgehead atoms. The molecule has 3 fully saturated rings. The third kappa shape index (κ3) is 4.63. The predicted molar refractivity (Wildman–Crippen MR) is 144 cm³/mol. The van der Waals surface area contributed by atoms with Gasteiger partial charge in [0.15, 0.2) is 11.2 Å². The molecule has 2 saturated heterocycles. The normalized spacial score (nSPS) is 37.4. The van der Waals surface area contributed by atoms with Gasteiger partial charge in [-0.15, -0.1) is 0 Å². The molecule has 2 aromatic rings. The summed E-state index contributed by atoms with van der Waals surface area (Å²) in [5.74, 6) is 0.521. The number of H-pyrrole nitrogens is 1. The van der Waals surface area contributed by atoms with Crippen molar-refractivity contribution in [3.8, 4) is 0 Å². The van der Waals surface area contributed by atoms with Gasteiger partial charge in [-0.25, -0.2) is 4.98 Å². The number of hydrogen-bond donors (Lipinski definition) is 2. The number of nitrogen functional groups attached to an aromatic ring is 1. The minimum atomic E-state index is -2.54. The number of ether oxygens (including phenoxy) is 1. The average molecular weight is 546 g/mol. The lowest BCUT2D eigenvalue weighted by Gasteiger charge is -2.37. The van der Waals surface area contributed by atoms with E-state index in [1.165, 1.54) is 5.57 Å². The van der Waals surface area contributed by atoms with E-state index in [4.69, 9.17) is 31.3 Å². The number of fused-ring (bicyclic) bond motifs is 2. The number of hydrogen-bond acceptors (Lipinski definition) is 9. The quantitative estimate of drug-likeness (QED) is 0.417. The molecule has 2 aromatic heterocycles. The summed E-state index contributed by atoms with van der Waals surface area (Å²) in [7, 11) is 0. The smallest absolute Gasteiger partial charge is 0.280 e. The fourth-order valence-corrected chi connectivity index (χ4v) is 12.7. The van der Waals surface area contributed by atoms with E-state index in [9.17, 15) is 4.79 Å². The molecule has 0 spiro atoms. The van der Waals surface area contributed by atoms with E-state index < -0.39 is 5.69 Å². The third-order valence-corrected chi connectivity index (χ3v) is 12.8. The van der Waals surface area contributed by atoms with E-state index >= 15 is 0 Å². The van der Waals surface area contributed by atoms with Crippen molar-refractivity contribution < 1.29 is 13.8 Å². The van der Waals surface area contributed by atoms with Crippen LogP contribution in [0.1, 0.15) is 59.1 Å². The summed E-state index contributed by atoms with van der Waals surface area (Å²) in [4.78, 5) is 23.1. The van der Waals surface area contributed by atoms with Crippen molar-refractivity contribution in [2.45, 2.75) is 82.2 Å². The van der Waals surface area contributed by atoms with Gasteiger partial charge in [0.05, 0.1) is 24.6 Å². The number of aromatic amines is 1. The first-order valence-electron chi connectivity index (χ1n) is 11.3. The number of nitrogens with two attached hydrogens (primary N) is 1. The molecule has 13 heteroatoms. The minimum Gasteiger partial charge on any atom is -0.369 e. The van der Waals surface area contributed by atoms with Crippen LogP contribution in [-0.4, -0.2) is 42.6 Å². The summed E-state index contributed by atoms with van der Waals surface area (Å²) < 4.78 is 21.1. The molecule has 3 aliphatic rings. The van der Waals surface area contributed by atoms with Crippen molar-refractivity contribution in [2.24, 2.45) is 5.92 Å². The topological polar surface area (TPSA) is 117 Å². The van der Waals surface area contributed by atoms with E-state index in [0.717, 1.165) is 25.7 Å². The Labute approximate surface area is 215 Å². The molecule has 1 aliphatic carbocycles. The van der Waals surface area contributed by atoms with E-state index in [1.54, 1.807) is 22.3 Å². The molecule has 2 aliphatic heterocycles. The number of allylic oxidation sites excluding steroid dienone is 1. The third-order valence-electron chi connectivity index (χ3n) is 7.05. The van der Waals surface area contributed by atoms with Crippen molar-refractivity contribution in [3.63, 3.8) is 0 Å². The maximum Gasteiger partial charge on any atom is 0.280 e. The van der Waals surface area contributed by atoms with Gasteiger partial charge in [-0.05, 0) is 57.3 Å². The van der Waals surface area contributed by atoms with Crippen LogP contribution in [0.15, 0.2) is 23.3 Å². The van der Waals surface area contributed by atoms with Gasteiger partial charge in [0.1, 0.15) is 6.23 Å². The van der Waals surface area contributed by atoms with Gasteiger partial charge in [-0.1, -0.05) is 30.5 Å². The van der Waals surface area contributed by atoms with Gasteiger partial charge in [0.2, 0.25) is 11.6 Å². The SMILES string of the molecule is C=C(C)[C@@H]1CC[C@]2(C)S[P@@](=S)(O[C@H]3C[C@H](n4cnc5c(=O)[nH]c(N)nc54)O[C@@H]3CC)O[C@H]2C1.S. The van der Waals surface area contributed by atoms with E-state index in [-0.39, 0.29) is 59.8 Å². The molecule has 1 saturated carbocycles. The van der Waals surface area contributed by atoms with Gasteiger partial charge in [-0.2, -0.15) is 18.5 Å². The zero-order chi connectivity index (χ0) is 23.5. The molecule has 5 rings (SSSR count). The molecule has 3 N–H and O–H groups in total. The monoisotopic (exact) mass is 545 g/mol. The van der Waals surface area contributed by atoms with E-state index in [1.807, 2.05) is 0 Å². The maximum atomic E-state index is 12.2. The highest BCUT2D eigenvalue weighted by atomic mass is 32.9. The lowest BCUT2D eigenvalue weighted by atomic mass is 9.77.